The molecule has 0 fully saturated rings. The number of para-hydroxylation sites is 1. The molecule has 0 spiro atoms. The van der Waals surface area contributed by atoms with Crippen LogP contribution in [0.3, 0.4) is 0 Å². The number of benzene rings is 1. The van der Waals surface area contributed by atoms with Crippen LogP contribution in [0.2, 0.25) is 0 Å². The second-order valence-corrected chi connectivity index (χ2v) is 5.63. The summed E-state index contributed by atoms with van der Waals surface area (Å²) in [7, 11) is 2.04. The zero-order chi connectivity index (χ0) is 15.1. The number of aromatic hydroxyl groups is 1. The van der Waals surface area contributed by atoms with Gasteiger partial charge in [0.1, 0.15) is 0 Å². The third-order valence-corrected chi connectivity index (χ3v) is 3.52. The first-order valence-corrected chi connectivity index (χ1v) is 7.33. The first-order chi connectivity index (χ1) is 9.45. The Morgan fingerprint density at radius 1 is 1.35 bits per heavy atom. The number of rotatable bonds is 8. The Balaban J connectivity index is 2.57. The number of phenols is 1. The fourth-order valence-corrected chi connectivity index (χ4v) is 2.04. The van der Waals surface area contributed by atoms with E-state index in [1.165, 1.54) is 0 Å². The highest BCUT2D eigenvalue weighted by Crippen LogP contribution is 2.30. The molecule has 1 atom stereocenters. The summed E-state index contributed by atoms with van der Waals surface area (Å²) in [5.41, 5.74) is 6.94. The van der Waals surface area contributed by atoms with E-state index in [0.29, 0.717) is 24.8 Å². The minimum atomic E-state index is 0.223. The van der Waals surface area contributed by atoms with Crippen molar-refractivity contribution in [2.75, 3.05) is 20.2 Å². The first-order valence-electron chi connectivity index (χ1n) is 7.33. The molecule has 3 N–H and O–H groups in total. The molecule has 0 aromatic heterocycles. The maximum atomic E-state index is 10.2. The molecule has 0 amide bonds. The zero-order valence-electron chi connectivity index (χ0n) is 13.1. The Bertz CT molecular complexity index is 407. The Morgan fingerprint density at radius 2 is 2.05 bits per heavy atom. The van der Waals surface area contributed by atoms with Crippen molar-refractivity contribution in [1.82, 2.24) is 4.90 Å². The van der Waals surface area contributed by atoms with Crippen molar-refractivity contribution in [3.63, 3.8) is 0 Å². The Labute approximate surface area is 122 Å². The van der Waals surface area contributed by atoms with Crippen LogP contribution >= 0.6 is 0 Å². The lowest BCUT2D eigenvalue weighted by atomic mass is 10.0. The summed E-state index contributed by atoms with van der Waals surface area (Å²) >= 11 is 0. The molecule has 0 bridgehead atoms. The number of nitrogens with two attached hydrogens (primary N) is 1. The van der Waals surface area contributed by atoms with Crippen LogP contribution in [0.4, 0.5) is 0 Å². The van der Waals surface area contributed by atoms with Crippen molar-refractivity contribution < 1.29 is 9.84 Å². The van der Waals surface area contributed by atoms with Crippen LogP contribution in [0.5, 0.6) is 11.5 Å². The monoisotopic (exact) mass is 280 g/mol. The summed E-state index contributed by atoms with van der Waals surface area (Å²) in [6.45, 7) is 8.35. The average molecular weight is 280 g/mol. The van der Waals surface area contributed by atoms with Crippen LogP contribution in [0.25, 0.3) is 0 Å². The number of hydrogen-bond donors (Lipinski definition) is 2. The van der Waals surface area contributed by atoms with Crippen molar-refractivity contribution in [3.05, 3.63) is 23.8 Å². The summed E-state index contributed by atoms with van der Waals surface area (Å²) < 4.78 is 5.40. The van der Waals surface area contributed by atoms with Crippen molar-refractivity contribution in [1.29, 1.82) is 0 Å². The minimum absolute atomic E-state index is 0.223. The highest BCUT2D eigenvalue weighted by atomic mass is 16.5. The molecular weight excluding hydrogens is 252 g/mol. The lowest BCUT2D eigenvalue weighted by Gasteiger charge is -2.22. The van der Waals surface area contributed by atoms with Gasteiger partial charge in [-0.25, -0.2) is 0 Å². The van der Waals surface area contributed by atoms with Gasteiger partial charge in [0.25, 0.3) is 0 Å². The lowest BCUT2D eigenvalue weighted by Crippen LogP contribution is -2.31. The highest BCUT2D eigenvalue weighted by molar-refractivity contribution is 5.45. The molecule has 1 rings (SSSR count). The highest BCUT2D eigenvalue weighted by Gasteiger charge is 2.12. The largest absolute Gasteiger partial charge is 0.504 e. The molecule has 0 radical (unpaired) electrons. The van der Waals surface area contributed by atoms with Gasteiger partial charge in [-0.15, -0.1) is 0 Å². The SMILES string of the molecule is CCOc1cccc(CN(C)CCC(N)C(C)C)c1O. The van der Waals surface area contributed by atoms with Gasteiger partial charge < -0.3 is 20.5 Å². The van der Waals surface area contributed by atoms with Crippen LogP contribution < -0.4 is 10.5 Å². The van der Waals surface area contributed by atoms with E-state index in [0.717, 1.165) is 18.5 Å². The Hall–Kier alpha value is -1.26. The molecule has 1 unspecified atom stereocenters. The predicted octanol–water partition coefficient (Wildman–Crippen LogP) is 2.60. The van der Waals surface area contributed by atoms with Crippen molar-refractivity contribution in [3.8, 4) is 11.5 Å². The second-order valence-electron chi connectivity index (χ2n) is 5.63. The van der Waals surface area contributed by atoms with Gasteiger partial charge in [0.2, 0.25) is 0 Å². The molecule has 1 aromatic rings. The van der Waals surface area contributed by atoms with Crippen LogP contribution in [-0.4, -0.2) is 36.2 Å². The maximum absolute atomic E-state index is 10.2. The van der Waals surface area contributed by atoms with E-state index in [1.807, 2.05) is 26.1 Å². The van der Waals surface area contributed by atoms with Gasteiger partial charge in [-0.1, -0.05) is 26.0 Å². The van der Waals surface area contributed by atoms with E-state index in [1.54, 1.807) is 6.07 Å². The fourth-order valence-electron chi connectivity index (χ4n) is 2.04. The normalized spacial score (nSPS) is 12.9. The number of hydrogen-bond acceptors (Lipinski definition) is 4. The van der Waals surface area contributed by atoms with Crippen LogP contribution in [0.15, 0.2) is 18.2 Å². The van der Waals surface area contributed by atoms with Gasteiger partial charge >= 0.3 is 0 Å². The van der Waals surface area contributed by atoms with Gasteiger partial charge in [0.15, 0.2) is 11.5 Å². The van der Waals surface area contributed by atoms with Crippen molar-refractivity contribution in [2.45, 2.75) is 39.8 Å². The molecule has 1 aromatic carbocycles. The quantitative estimate of drug-likeness (QED) is 0.768. The predicted molar refractivity (Wildman–Crippen MR) is 83.0 cm³/mol. The van der Waals surface area contributed by atoms with E-state index in [9.17, 15) is 5.11 Å². The van der Waals surface area contributed by atoms with Gasteiger partial charge in [-0.3, -0.25) is 0 Å². The van der Waals surface area contributed by atoms with Gasteiger partial charge in [-0.2, -0.15) is 0 Å². The molecule has 4 nitrogen and oxygen atoms in total. The smallest absolute Gasteiger partial charge is 0.162 e. The Morgan fingerprint density at radius 3 is 2.65 bits per heavy atom. The van der Waals surface area contributed by atoms with E-state index in [2.05, 4.69) is 18.7 Å². The third-order valence-electron chi connectivity index (χ3n) is 3.52. The van der Waals surface area contributed by atoms with Gasteiger partial charge in [0, 0.05) is 18.2 Å². The molecule has 0 heterocycles. The molecule has 0 aliphatic rings. The third kappa shape index (κ3) is 5.02. The maximum Gasteiger partial charge on any atom is 0.162 e. The molecule has 0 saturated heterocycles. The molecule has 20 heavy (non-hydrogen) atoms. The summed E-state index contributed by atoms with van der Waals surface area (Å²) in [6.07, 6.45) is 0.958. The minimum Gasteiger partial charge on any atom is -0.504 e. The molecule has 0 aliphatic carbocycles. The first kappa shape index (κ1) is 16.8. The number of nitrogens with zero attached hydrogens (tertiary/aromatic N) is 1. The molecule has 114 valence electrons. The lowest BCUT2D eigenvalue weighted by molar-refractivity contribution is 0.285. The summed E-state index contributed by atoms with van der Waals surface area (Å²) in [6, 6.07) is 5.85. The van der Waals surface area contributed by atoms with E-state index in [4.69, 9.17) is 10.5 Å². The fraction of sp³-hybridized carbons (Fsp3) is 0.625. The van der Waals surface area contributed by atoms with E-state index in [-0.39, 0.29) is 11.8 Å². The number of phenolic OH excluding ortho intramolecular Hbond substituents is 1. The summed E-state index contributed by atoms with van der Waals surface area (Å²) in [4.78, 5) is 2.17. The summed E-state index contributed by atoms with van der Waals surface area (Å²) in [5, 5.41) is 10.2. The van der Waals surface area contributed by atoms with Crippen LogP contribution in [-0.2, 0) is 6.54 Å². The molecule has 0 aliphatic heterocycles. The molecule has 4 heteroatoms. The summed E-state index contributed by atoms with van der Waals surface area (Å²) in [5.74, 6) is 1.30. The van der Waals surface area contributed by atoms with Gasteiger partial charge in [0.05, 0.1) is 6.61 Å². The molecular formula is C16H28N2O2. The zero-order valence-corrected chi connectivity index (χ0v) is 13.1. The topological polar surface area (TPSA) is 58.7 Å². The number of ether oxygens (including phenoxy) is 1. The van der Waals surface area contributed by atoms with Gasteiger partial charge in [-0.05, 0) is 38.9 Å². The molecule has 0 saturated carbocycles. The van der Waals surface area contributed by atoms with E-state index < -0.39 is 0 Å². The standard InChI is InChI=1S/C16H28N2O2/c1-5-20-15-8-6-7-13(16(15)19)11-18(4)10-9-14(17)12(2)3/h6-8,12,14,19H,5,9-11,17H2,1-4H3. The van der Waals surface area contributed by atoms with Crippen LogP contribution in [0, 0.1) is 5.92 Å². The van der Waals surface area contributed by atoms with Crippen molar-refractivity contribution in [2.24, 2.45) is 11.7 Å². The average Bonchev–Trinajstić information content (AvgIpc) is 2.40. The second kappa shape index (κ2) is 8.12. The Kier molecular flexibility index (Phi) is 6.82. The van der Waals surface area contributed by atoms with Crippen LogP contribution in [0.1, 0.15) is 32.8 Å². The van der Waals surface area contributed by atoms with Crippen molar-refractivity contribution >= 4 is 0 Å². The van der Waals surface area contributed by atoms with E-state index >= 15 is 0 Å².